The molecule has 5 nitrogen and oxygen atoms in total. The van der Waals surface area contributed by atoms with Crippen LogP contribution in [0.5, 0.6) is 5.75 Å². The van der Waals surface area contributed by atoms with Crippen LogP contribution in [0.4, 0.5) is 5.95 Å². The van der Waals surface area contributed by atoms with E-state index >= 15 is 0 Å². The standard InChI is InChI=1S/C18H18N4O/c1-2-14(11-19)23-15-7-5-6-13(10-15)12-20-18-21-16-8-3-4-9-17(16)22-18/h3-10,14H,2,12H2,1H3,(H2,20,21,22). The van der Waals surface area contributed by atoms with Crippen molar-refractivity contribution in [2.24, 2.45) is 0 Å². The van der Waals surface area contributed by atoms with Crippen molar-refractivity contribution in [1.29, 1.82) is 5.26 Å². The molecule has 0 fully saturated rings. The lowest BCUT2D eigenvalue weighted by Gasteiger charge is -2.11. The molecule has 0 aliphatic rings. The number of anilines is 1. The second-order valence-corrected chi connectivity index (χ2v) is 5.25. The van der Waals surface area contributed by atoms with Gasteiger partial charge in [0.2, 0.25) is 5.95 Å². The molecule has 3 aromatic rings. The number of rotatable bonds is 6. The van der Waals surface area contributed by atoms with Crippen LogP contribution in [0.15, 0.2) is 48.5 Å². The van der Waals surface area contributed by atoms with Crippen molar-refractivity contribution in [3.8, 4) is 11.8 Å². The number of imidazole rings is 1. The quantitative estimate of drug-likeness (QED) is 0.725. The fraction of sp³-hybridized carbons (Fsp3) is 0.222. The molecule has 1 atom stereocenters. The van der Waals surface area contributed by atoms with Gasteiger partial charge in [-0.25, -0.2) is 4.98 Å². The highest BCUT2D eigenvalue weighted by molar-refractivity contribution is 5.77. The number of para-hydroxylation sites is 2. The zero-order valence-corrected chi connectivity index (χ0v) is 12.9. The molecule has 23 heavy (non-hydrogen) atoms. The van der Waals surface area contributed by atoms with E-state index in [0.29, 0.717) is 18.7 Å². The summed E-state index contributed by atoms with van der Waals surface area (Å²) in [6, 6.07) is 17.8. The minimum atomic E-state index is -0.409. The number of aromatic nitrogens is 2. The molecule has 0 aliphatic carbocycles. The first-order chi connectivity index (χ1) is 11.3. The number of nitrogens with one attached hydrogen (secondary N) is 2. The average molecular weight is 306 g/mol. The molecule has 2 aromatic carbocycles. The van der Waals surface area contributed by atoms with Gasteiger partial charge >= 0.3 is 0 Å². The van der Waals surface area contributed by atoms with Crippen molar-refractivity contribution in [2.45, 2.75) is 26.0 Å². The van der Waals surface area contributed by atoms with Crippen molar-refractivity contribution in [3.05, 3.63) is 54.1 Å². The van der Waals surface area contributed by atoms with Gasteiger partial charge in [0, 0.05) is 6.54 Å². The zero-order valence-electron chi connectivity index (χ0n) is 12.9. The van der Waals surface area contributed by atoms with Crippen molar-refractivity contribution in [3.63, 3.8) is 0 Å². The second kappa shape index (κ2) is 6.84. The maximum Gasteiger partial charge on any atom is 0.201 e. The smallest absolute Gasteiger partial charge is 0.201 e. The van der Waals surface area contributed by atoms with Gasteiger partial charge in [-0.1, -0.05) is 31.2 Å². The number of nitrogens with zero attached hydrogens (tertiary/aromatic N) is 2. The summed E-state index contributed by atoms with van der Waals surface area (Å²) in [5.41, 5.74) is 3.01. The predicted octanol–water partition coefficient (Wildman–Crippen LogP) is 3.86. The second-order valence-electron chi connectivity index (χ2n) is 5.25. The van der Waals surface area contributed by atoms with Gasteiger partial charge in [0.25, 0.3) is 0 Å². The number of ether oxygens (including phenoxy) is 1. The number of H-pyrrole nitrogens is 1. The highest BCUT2D eigenvalue weighted by atomic mass is 16.5. The number of benzene rings is 2. The van der Waals surface area contributed by atoms with Crippen molar-refractivity contribution in [2.75, 3.05) is 5.32 Å². The van der Waals surface area contributed by atoms with Gasteiger partial charge < -0.3 is 15.0 Å². The summed E-state index contributed by atoms with van der Waals surface area (Å²) >= 11 is 0. The lowest BCUT2D eigenvalue weighted by atomic mass is 10.2. The maximum absolute atomic E-state index is 8.98. The summed E-state index contributed by atoms with van der Waals surface area (Å²) in [6.07, 6.45) is 0.256. The van der Waals surface area contributed by atoms with E-state index in [4.69, 9.17) is 10.00 Å². The lowest BCUT2D eigenvalue weighted by Crippen LogP contribution is -2.12. The van der Waals surface area contributed by atoms with E-state index < -0.39 is 6.10 Å². The summed E-state index contributed by atoms with van der Waals surface area (Å²) in [5, 5.41) is 12.2. The highest BCUT2D eigenvalue weighted by Crippen LogP contribution is 2.18. The first kappa shape index (κ1) is 14.9. The fourth-order valence-electron chi connectivity index (χ4n) is 2.32. The van der Waals surface area contributed by atoms with E-state index in [9.17, 15) is 0 Å². The molecule has 3 rings (SSSR count). The highest BCUT2D eigenvalue weighted by Gasteiger charge is 2.07. The molecule has 0 bridgehead atoms. The summed E-state index contributed by atoms with van der Waals surface area (Å²) in [4.78, 5) is 7.72. The van der Waals surface area contributed by atoms with E-state index in [1.807, 2.05) is 55.5 Å². The van der Waals surface area contributed by atoms with Gasteiger partial charge in [0.15, 0.2) is 6.10 Å². The van der Waals surface area contributed by atoms with Crippen LogP contribution in [0.1, 0.15) is 18.9 Å². The molecule has 0 radical (unpaired) electrons. The van der Waals surface area contributed by atoms with Gasteiger partial charge in [0.1, 0.15) is 11.8 Å². The fourth-order valence-corrected chi connectivity index (χ4v) is 2.32. The van der Waals surface area contributed by atoms with Crippen LogP contribution in [0.2, 0.25) is 0 Å². The van der Waals surface area contributed by atoms with Crippen LogP contribution in [-0.2, 0) is 6.54 Å². The molecular formula is C18H18N4O. The van der Waals surface area contributed by atoms with Crippen molar-refractivity contribution >= 4 is 17.0 Å². The third-order valence-electron chi connectivity index (χ3n) is 3.54. The Hall–Kier alpha value is -3.00. The van der Waals surface area contributed by atoms with Crippen LogP contribution in [-0.4, -0.2) is 16.1 Å². The van der Waals surface area contributed by atoms with Gasteiger partial charge in [-0.05, 0) is 36.2 Å². The number of hydrogen-bond donors (Lipinski definition) is 2. The van der Waals surface area contributed by atoms with Crippen molar-refractivity contribution in [1.82, 2.24) is 9.97 Å². The first-order valence-electron chi connectivity index (χ1n) is 7.62. The monoisotopic (exact) mass is 306 g/mol. The van der Waals surface area contributed by atoms with E-state index in [1.54, 1.807) is 0 Å². The number of aromatic amines is 1. The Morgan fingerprint density at radius 3 is 2.91 bits per heavy atom. The minimum Gasteiger partial charge on any atom is -0.476 e. The Balaban J connectivity index is 1.67. The number of nitriles is 1. The molecule has 0 saturated heterocycles. The molecular weight excluding hydrogens is 288 g/mol. The normalized spacial score (nSPS) is 11.8. The first-order valence-corrected chi connectivity index (χ1v) is 7.62. The lowest BCUT2D eigenvalue weighted by molar-refractivity contribution is 0.251. The zero-order chi connectivity index (χ0) is 16.1. The predicted molar refractivity (Wildman–Crippen MR) is 90.2 cm³/mol. The number of hydrogen-bond acceptors (Lipinski definition) is 4. The van der Waals surface area contributed by atoms with Crippen LogP contribution in [0.25, 0.3) is 11.0 Å². The molecule has 0 amide bonds. The van der Waals surface area contributed by atoms with Crippen molar-refractivity contribution < 1.29 is 4.74 Å². The number of fused-ring (bicyclic) bond motifs is 1. The van der Waals surface area contributed by atoms with Crippen LogP contribution in [0.3, 0.4) is 0 Å². The van der Waals surface area contributed by atoms with E-state index in [1.165, 1.54) is 0 Å². The molecule has 1 unspecified atom stereocenters. The summed E-state index contributed by atoms with van der Waals surface area (Å²) in [5.74, 6) is 1.45. The van der Waals surface area contributed by atoms with E-state index in [-0.39, 0.29) is 0 Å². The largest absolute Gasteiger partial charge is 0.476 e. The van der Waals surface area contributed by atoms with Crippen LogP contribution >= 0.6 is 0 Å². The molecule has 1 heterocycles. The average Bonchev–Trinajstić information content (AvgIpc) is 3.01. The topological polar surface area (TPSA) is 73.7 Å². The summed E-state index contributed by atoms with van der Waals surface area (Å²) < 4.78 is 5.64. The SMILES string of the molecule is CCC(C#N)Oc1cccc(CNc2nc3ccccc3[nH]2)c1. The summed E-state index contributed by atoms with van der Waals surface area (Å²) in [7, 11) is 0. The Bertz CT molecular complexity index is 801. The summed E-state index contributed by atoms with van der Waals surface area (Å²) in [6.45, 7) is 2.56. The van der Waals surface area contributed by atoms with Gasteiger partial charge in [0.05, 0.1) is 11.0 Å². The minimum absolute atomic E-state index is 0.409. The molecule has 116 valence electrons. The molecule has 1 aromatic heterocycles. The Labute approximate surface area is 134 Å². The van der Waals surface area contributed by atoms with Gasteiger partial charge in [-0.3, -0.25) is 0 Å². The molecule has 2 N–H and O–H groups in total. The van der Waals surface area contributed by atoms with Gasteiger partial charge in [-0.15, -0.1) is 0 Å². The molecule has 5 heteroatoms. The Kier molecular flexibility index (Phi) is 4.44. The van der Waals surface area contributed by atoms with E-state index in [2.05, 4.69) is 21.4 Å². The Morgan fingerprint density at radius 2 is 2.13 bits per heavy atom. The molecule has 0 spiro atoms. The molecule has 0 aliphatic heterocycles. The molecule has 0 saturated carbocycles. The Morgan fingerprint density at radius 1 is 1.26 bits per heavy atom. The van der Waals surface area contributed by atoms with Crippen LogP contribution in [0, 0.1) is 11.3 Å². The third-order valence-corrected chi connectivity index (χ3v) is 3.54. The third kappa shape index (κ3) is 3.61. The van der Waals surface area contributed by atoms with Crippen LogP contribution < -0.4 is 10.1 Å². The van der Waals surface area contributed by atoms with Gasteiger partial charge in [-0.2, -0.15) is 5.26 Å². The maximum atomic E-state index is 8.98. The van der Waals surface area contributed by atoms with E-state index in [0.717, 1.165) is 22.5 Å².